The van der Waals surface area contributed by atoms with E-state index in [4.69, 9.17) is 16.2 Å². The number of carbonyl (C=O) groups excluding carboxylic acids is 1. The molecular formula is C11H15N3O2. The highest BCUT2D eigenvalue weighted by atomic mass is 16.5. The molecule has 0 aliphatic carbocycles. The van der Waals surface area contributed by atoms with Crippen LogP contribution in [0.5, 0.6) is 0 Å². The first-order chi connectivity index (χ1) is 7.66. The number of primary amides is 1. The van der Waals surface area contributed by atoms with Crippen LogP contribution in [-0.2, 0) is 4.74 Å². The summed E-state index contributed by atoms with van der Waals surface area (Å²) in [5.74, 6) is -0.457. The zero-order chi connectivity index (χ0) is 11.5. The van der Waals surface area contributed by atoms with Gasteiger partial charge in [0.1, 0.15) is 0 Å². The van der Waals surface area contributed by atoms with Crippen LogP contribution in [-0.4, -0.2) is 32.2 Å². The number of anilines is 2. The van der Waals surface area contributed by atoms with Crippen molar-refractivity contribution >= 4 is 17.3 Å². The second-order valence-electron chi connectivity index (χ2n) is 3.78. The summed E-state index contributed by atoms with van der Waals surface area (Å²) in [6.45, 7) is 3.00. The van der Waals surface area contributed by atoms with E-state index in [-0.39, 0.29) is 0 Å². The third kappa shape index (κ3) is 2.25. The van der Waals surface area contributed by atoms with E-state index in [1.54, 1.807) is 12.1 Å². The molecule has 0 radical (unpaired) electrons. The molecule has 1 saturated heterocycles. The van der Waals surface area contributed by atoms with Crippen molar-refractivity contribution in [3.8, 4) is 0 Å². The molecule has 5 heteroatoms. The van der Waals surface area contributed by atoms with E-state index in [0.717, 1.165) is 18.8 Å². The van der Waals surface area contributed by atoms with E-state index in [2.05, 4.69) is 4.90 Å². The number of rotatable bonds is 2. The summed E-state index contributed by atoms with van der Waals surface area (Å²) < 4.78 is 5.26. The minimum Gasteiger partial charge on any atom is -0.399 e. The van der Waals surface area contributed by atoms with Gasteiger partial charge in [0.05, 0.1) is 13.2 Å². The molecule has 1 aromatic carbocycles. The molecule has 1 fully saturated rings. The molecule has 0 atom stereocenters. The summed E-state index contributed by atoms with van der Waals surface area (Å²) in [5.41, 5.74) is 12.9. The standard InChI is InChI=1S/C11H15N3O2/c12-9-5-8(11(13)15)6-10(7-9)14-1-3-16-4-2-14/h5-7H,1-4,12H2,(H2,13,15). The minimum atomic E-state index is -0.457. The number of hydrogen-bond acceptors (Lipinski definition) is 4. The molecule has 4 N–H and O–H groups in total. The van der Waals surface area contributed by atoms with Crippen LogP contribution in [0.15, 0.2) is 18.2 Å². The van der Waals surface area contributed by atoms with Crippen LogP contribution in [0.25, 0.3) is 0 Å². The maximum Gasteiger partial charge on any atom is 0.248 e. The molecule has 86 valence electrons. The van der Waals surface area contributed by atoms with Crippen molar-refractivity contribution in [3.05, 3.63) is 23.8 Å². The molecule has 16 heavy (non-hydrogen) atoms. The molecule has 0 aromatic heterocycles. The van der Waals surface area contributed by atoms with Crippen LogP contribution in [0.4, 0.5) is 11.4 Å². The molecule has 2 rings (SSSR count). The summed E-state index contributed by atoms with van der Waals surface area (Å²) in [5, 5.41) is 0. The second-order valence-corrected chi connectivity index (χ2v) is 3.78. The van der Waals surface area contributed by atoms with Gasteiger partial charge in [-0.05, 0) is 18.2 Å². The van der Waals surface area contributed by atoms with E-state index in [1.807, 2.05) is 6.07 Å². The van der Waals surface area contributed by atoms with Gasteiger partial charge in [-0.25, -0.2) is 0 Å². The highest BCUT2D eigenvalue weighted by Gasteiger charge is 2.13. The number of amides is 1. The number of hydrogen-bond donors (Lipinski definition) is 2. The van der Waals surface area contributed by atoms with Gasteiger partial charge in [-0.3, -0.25) is 4.79 Å². The van der Waals surface area contributed by atoms with E-state index in [1.165, 1.54) is 0 Å². The third-order valence-electron chi connectivity index (χ3n) is 2.60. The zero-order valence-corrected chi connectivity index (χ0v) is 8.98. The van der Waals surface area contributed by atoms with Gasteiger partial charge in [-0.2, -0.15) is 0 Å². The molecule has 0 spiro atoms. The summed E-state index contributed by atoms with van der Waals surface area (Å²) >= 11 is 0. The molecule has 1 aliphatic rings. The Balaban J connectivity index is 2.28. The van der Waals surface area contributed by atoms with Crippen LogP contribution in [0.1, 0.15) is 10.4 Å². The Kier molecular flexibility index (Phi) is 2.96. The number of ether oxygens (including phenoxy) is 1. The number of nitrogens with zero attached hydrogens (tertiary/aromatic N) is 1. The monoisotopic (exact) mass is 221 g/mol. The van der Waals surface area contributed by atoms with Crippen molar-refractivity contribution in [1.82, 2.24) is 0 Å². The number of nitrogen functional groups attached to an aromatic ring is 1. The largest absolute Gasteiger partial charge is 0.399 e. The number of carbonyl (C=O) groups is 1. The SMILES string of the molecule is NC(=O)c1cc(N)cc(N2CCOCC2)c1. The van der Waals surface area contributed by atoms with Crippen LogP contribution in [0.3, 0.4) is 0 Å². The molecule has 5 nitrogen and oxygen atoms in total. The maximum atomic E-state index is 11.1. The average Bonchev–Trinajstić information content (AvgIpc) is 2.29. The van der Waals surface area contributed by atoms with Gasteiger partial charge in [0, 0.05) is 30.0 Å². The van der Waals surface area contributed by atoms with Gasteiger partial charge < -0.3 is 21.1 Å². The van der Waals surface area contributed by atoms with Crippen LogP contribution in [0, 0.1) is 0 Å². The molecule has 1 amide bonds. The Bertz CT molecular complexity index is 400. The quantitative estimate of drug-likeness (QED) is 0.699. The molecule has 0 bridgehead atoms. The minimum absolute atomic E-state index is 0.446. The van der Waals surface area contributed by atoms with Crippen molar-refractivity contribution in [2.75, 3.05) is 36.9 Å². The molecule has 1 aromatic rings. The Hall–Kier alpha value is -1.75. The molecule has 0 saturated carbocycles. The predicted molar refractivity (Wildman–Crippen MR) is 62.4 cm³/mol. The summed E-state index contributed by atoms with van der Waals surface area (Å²) in [7, 11) is 0. The number of nitrogens with two attached hydrogens (primary N) is 2. The van der Waals surface area contributed by atoms with Crippen molar-refractivity contribution in [2.24, 2.45) is 5.73 Å². The number of benzene rings is 1. The third-order valence-corrected chi connectivity index (χ3v) is 2.60. The van der Waals surface area contributed by atoms with Gasteiger partial charge in [0.2, 0.25) is 5.91 Å². The van der Waals surface area contributed by atoms with Gasteiger partial charge in [-0.15, -0.1) is 0 Å². The lowest BCUT2D eigenvalue weighted by Gasteiger charge is -2.29. The van der Waals surface area contributed by atoms with Gasteiger partial charge >= 0.3 is 0 Å². The Morgan fingerprint density at radius 3 is 2.56 bits per heavy atom. The molecule has 1 aliphatic heterocycles. The lowest BCUT2D eigenvalue weighted by atomic mass is 10.1. The topological polar surface area (TPSA) is 81.6 Å². The first kappa shape index (κ1) is 10.8. The number of morpholine rings is 1. The zero-order valence-electron chi connectivity index (χ0n) is 8.98. The Morgan fingerprint density at radius 2 is 1.94 bits per heavy atom. The first-order valence-corrected chi connectivity index (χ1v) is 5.20. The van der Waals surface area contributed by atoms with Crippen LogP contribution >= 0.6 is 0 Å². The van der Waals surface area contributed by atoms with Crippen LogP contribution < -0.4 is 16.4 Å². The van der Waals surface area contributed by atoms with E-state index in [9.17, 15) is 4.79 Å². The van der Waals surface area contributed by atoms with Gasteiger partial charge in [-0.1, -0.05) is 0 Å². The lowest BCUT2D eigenvalue weighted by Crippen LogP contribution is -2.36. The average molecular weight is 221 g/mol. The fourth-order valence-electron chi connectivity index (χ4n) is 1.78. The van der Waals surface area contributed by atoms with Crippen molar-refractivity contribution in [2.45, 2.75) is 0 Å². The van der Waals surface area contributed by atoms with Crippen LogP contribution in [0.2, 0.25) is 0 Å². The highest BCUT2D eigenvalue weighted by Crippen LogP contribution is 2.21. The van der Waals surface area contributed by atoms with E-state index < -0.39 is 5.91 Å². The Morgan fingerprint density at radius 1 is 1.25 bits per heavy atom. The van der Waals surface area contributed by atoms with E-state index in [0.29, 0.717) is 24.5 Å². The predicted octanol–water partition coefficient (Wildman–Crippen LogP) is 0.204. The van der Waals surface area contributed by atoms with Gasteiger partial charge in [0.25, 0.3) is 0 Å². The van der Waals surface area contributed by atoms with Crippen molar-refractivity contribution in [1.29, 1.82) is 0 Å². The lowest BCUT2D eigenvalue weighted by molar-refractivity contribution is 0.100. The molecular weight excluding hydrogens is 206 g/mol. The smallest absolute Gasteiger partial charge is 0.248 e. The normalized spacial score (nSPS) is 16.1. The maximum absolute atomic E-state index is 11.1. The molecule has 0 unspecified atom stereocenters. The highest BCUT2D eigenvalue weighted by molar-refractivity contribution is 5.95. The van der Waals surface area contributed by atoms with Gasteiger partial charge in [0.15, 0.2) is 0 Å². The first-order valence-electron chi connectivity index (χ1n) is 5.20. The second kappa shape index (κ2) is 4.40. The fraction of sp³-hybridized carbons (Fsp3) is 0.364. The molecule has 1 heterocycles. The summed E-state index contributed by atoms with van der Waals surface area (Å²) in [6.07, 6.45) is 0. The summed E-state index contributed by atoms with van der Waals surface area (Å²) in [4.78, 5) is 13.2. The fourth-order valence-corrected chi connectivity index (χ4v) is 1.78. The van der Waals surface area contributed by atoms with Crippen molar-refractivity contribution < 1.29 is 9.53 Å². The van der Waals surface area contributed by atoms with Crippen molar-refractivity contribution in [3.63, 3.8) is 0 Å². The summed E-state index contributed by atoms with van der Waals surface area (Å²) in [6, 6.07) is 5.20. The van der Waals surface area contributed by atoms with E-state index >= 15 is 0 Å². The Labute approximate surface area is 94.0 Å².